The molecular weight excluding hydrogens is 230 g/mol. The zero-order valence-corrected chi connectivity index (χ0v) is 10.4. The molecule has 0 amide bonds. The van der Waals surface area contributed by atoms with Gasteiger partial charge in [0.25, 0.3) is 0 Å². The minimum Gasteiger partial charge on any atom is -0.383 e. The lowest BCUT2D eigenvalue weighted by molar-refractivity contribution is 0.167. The number of nitrogens with one attached hydrogen (secondary N) is 1. The van der Waals surface area contributed by atoms with E-state index in [1.807, 2.05) is 18.2 Å². The SMILES string of the molecule is COCC(NCCc1ncon1)c1ccccc1. The minimum absolute atomic E-state index is 0.183. The highest BCUT2D eigenvalue weighted by molar-refractivity contribution is 5.18. The summed E-state index contributed by atoms with van der Waals surface area (Å²) >= 11 is 0. The number of hydrogen-bond acceptors (Lipinski definition) is 5. The molecule has 18 heavy (non-hydrogen) atoms. The van der Waals surface area contributed by atoms with Crippen LogP contribution in [0.3, 0.4) is 0 Å². The number of nitrogens with zero attached hydrogens (tertiary/aromatic N) is 2. The lowest BCUT2D eigenvalue weighted by atomic mass is 10.1. The smallest absolute Gasteiger partial charge is 0.213 e. The van der Waals surface area contributed by atoms with Gasteiger partial charge in [0.2, 0.25) is 6.39 Å². The Balaban J connectivity index is 1.87. The van der Waals surface area contributed by atoms with E-state index in [9.17, 15) is 0 Å². The summed E-state index contributed by atoms with van der Waals surface area (Å²) in [6.07, 6.45) is 2.09. The molecule has 1 unspecified atom stereocenters. The summed E-state index contributed by atoms with van der Waals surface area (Å²) in [4.78, 5) is 3.98. The van der Waals surface area contributed by atoms with Crippen molar-refractivity contribution in [2.45, 2.75) is 12.5 Å². The van der Waals surface area contributed by atoms with Gasteiger partial charge in [0, 0.05) is 20.1 Å². The summed E-state index contributed by atoms with van der Waals surface area (Å²) in [7, 11) is 1.71. The molecule has 1 N–H and O–H groups in total. The maximum absolute atomic E-state index is 5.23. The first kappa shape index (κ1) is 12.7. The number of aromatic nitrogens is 2. The first-order valence-corrected chi connectivity index (χ1v) is 5.92. The number of methoxy groups -OCH3 is 1. The van der Waals surface area contributed by atoms with Crippen LogP contribution in [0.2, 0.25) is 0 Å². The maximum atomic E-state index is 5.23. The van der Waals surface area contributed by atoms with Crippen LogP contribution in [-0.4, -0.2) is 30.4 Å². The van der Waals surface area contributed by atoms with Crippen molar-refractivity contribution in [1.82, 2.24) is 15.5 Å². The van der Waals surface area contributed by atoms with Gasteiger partial charge in [-0.3, -0.25) is 0 Å². The second kappa shape index (κ2) is 6.88. The standard InChI is InChI=1S/C13H17N3O2/c1-17-9-12(11-5-3-2-4-6-11)14-8-7-13-15-10-18-16-13/h2-6,10,12,14H,7-9H2,1H3. The molecule has 0 aliphatic heterocycles. The number of hydrogen-bond donors (Lipinski definition) is 1. The largest absolute Gasteiger partial charge is 0.383 e. The highest BCUT2D eigenvalue weighted by Gasteiger charge is 2.10. The van der Waals surface area contributed by atoms with E-state index in [1.54, 1.807) is 7.11 Å². The predicted octanol–water partition coefficient (Wildman–Crippen LogP) is 1.59. The molecule has 1 aromatic carbocycles. The van der Waals surface area contributed by atoms with E-state index >= 15 is 0 Å². The Labute approximate surface area is 106 Å². The van der Waals surface area contributed by atoms with Gasteiger partial charge in [0.1, 0.15) is 0 Å². The zero-order valence-electron chi connectivity index (χ0n) is 10.4. The van der Waals surface area contributed by atoms with Crippen LogP contribution in [0, 0.1) is 0 Å². The second-order valence-electron chi connectivity index (χ2n) is 3.97. The van der Waals surface area contributed by atoms with E-state index in [4.69, 9.17) is 9.26 Å². The lowest BCUT2D eigenvalue weighted by Gasteiger charge is -2.17. The highest BCUT2D eigenvalue weighted by Crippen LogP contribution is 2.12. The molecule has 0 spiro atoms. The van der Waals surface area contributed by atoms with E-state index in [2.05, 4.69) is 27.6 Å². The molecule has 2 aromatic rings. The Morgan fingerprint density at radius 1 is 1.33 bits per heavy atom. The van der Waals surface area contributed by atoms with Crippen molar-refractivity contribution in [3.63, 3.8) is 0 Å². The van der Waals surface area contributed by atoms with Gasteiger partial charge in [0.15, 0.2) is 5.82 Å². The Kier molecular flexibility index (Phi) is 4.87. The van der Waals surface area contributed by atoms with E-state index in [1.165, 1.54) is 12.0 Å². The monoisotopic (exact) mass is 247 g/mol. The summed E-state index contributed by atoms with van der Waals surface area (Å²) in [5.41, 5.74) is 1.22. The highest BCUT2D eigenvalue weighted by atomic mass is 16.5. The van der Waals surface area contributed by atoms with Crippen molar-refractivity contribution in [2.24, 2.45) is 0 Å². The van der Waals surface area contributed by atoms with Crippen LogP contribution in [0.1, 0.15) is 17.4 Å². The summed E-state index contributed by atoms with van der Waals surface area (Å²) in [5, 5.41) is 7.20. The predicted molar refractivity (Wildman–Crippen MR) is 67.1 cm³/mol. The third kappa shape index (κ3) is 3.65. The second-order valence-corrected chi connectivity index (χ2v) is 3.97. The van der Waals surface area contributed by atoms with Crippen LogP contribution in [-0.2, 0) is 11.2 Å². The minimum atomic E-state index is 0.183. The molecule has 1 heterocycles. The molecule has 1 atom stereocenters. The molecule has 5 heteroatoms. The fraction of sp³-hybridized carbons (Fsp3) is 0.385. The average molecular weight is 247 g/mol. The molecule has 5 nitrogen and oxygen atoms in total. The molecule has 0 bridgehead atoms. The van der Waals surface area contributed by atoms with Crippen LogP contribution in [0.4, 0.5) is 0 Å². The first-order valence-electron chi connectivity index (χ1n) is 5.92. The fourth-order valence-electron chi connectivity index (χ4n) is 1.79. The molecule has 0 aliphatic rings. The van der Waals surface area contributed by atoms with Crippen molar-refractivity contribution in [3.05, 3.63) is 48.1 Å². The van der Waals surface area contributed by atoms with E-state index < -0.39 is 0 Å². The molecule has 96 valence electrons. The van der Waals surface area contributed by atoms with Gasteiger partial charge in [-0.1, -0.05) is 35.5 Å². The maximum Gasteiger partial charge on any atom is 0.213 e. The Morgan fingerprint density at radius 3 is 2.83 bits per heavy atom. The normalized spacial score (nSPS) is 12.5. The van der Waals surface area contributed by atoms with Gasteiger partial charge in [-0.15, -0.1) is 0 Å². The Hall–Kier alpha value is -1.72. The number of ether oxygens (including phenoxy) is 1. The molecule has 1 aromatic heterocycles. The van der Waals surface area contributed by atoms with Gasteiger partial charge in [-0.25, -0.2) is 0 Å². The third-order valence-corrected chi connectivity index (χ3v) is 2.68. The Morgan fingerprint density at radius 2 is 2.17 bits per heavy atom. The first-order chi connectivity index (χ1) is 8.90. The summed E-state index contributed by atoms with van der Waals surface area (Å²) in [6.45, 7) is 1.42. The van der Waals surface area contributed by atoms with Crippen LogP contribution < -0.4 is 5.32 Å². The van der Waals surface area contributed by atoms with E-state index in [0.29, 0.717) is 12.4 Å². The van der Waals surface area contributed by atoms with Crippen LogP contribution in [0.25, 0.3) is 0 Å². The van der Waals surface area contributed by atoms with Gasteiger partial charge < -0.3 is 14.6 Å². The number of benzene rings is 1. The third-order valence-electron chi connectivity index (χ3n) is 2.68. The number of rotatable bonds is 7. The summed E-state index contributed by atoms with van der Waals surface area (Å²) in [6, 6.07) is 10.4. The quantitative estimate of drug-likeness (QED) is 0.805. The molecule has 0 saturated heterocycles. The van der Waals surface area contributed by atoms with E-state index in [-0.39, 0.29) is 6.04 Å². The van der Waals surface area contributed by atoms with Crippen LogP contribution in [0.15, 0.2) is 41.2 Å². The topological polar surface area (TPSA) is 60.2 Å². The molecule has 2 rings (SSSR count). The Bertz CT molecular complexity index is 431. The molecule has 0 aliphatic carbocycles. The van der Waals surface area contributed by atoms with Crippen molar-refractivity contribution >= 4 is 0 Å². The van der Waals surface area contributed by atoms with Gasteiger partial charge in [-0.2, -0.15) is 4.98 Å². The van der Waals surface area contributed by atoms with Crippen molar-refractivity contribution in [3.8, 4) is 0 Å². The fourth-order valence-corrected chi connectivity index (χ4v) is 1.79. The van der Waals surface area contributed by atoms with Crippen molar-refractivity contribution < 1.29 is 9.26 Å². The van der Waals surface area contributed by atoms with Crippen molar-refractivity contribution in [1.29, 1.82) is 0 Å². The van der Waals surface area contributed by atoms with Crippen LogP contribution in [0.5, 0.6) is 0 Å². The molecule has 0 radical (unpaired) electrons. The summed E-state index contributed by atoms with van der Waals surface area (Å²) in [5.74, 6) is 0.715. The molecule has 0 saturated carbocycles. The molecular formula is C13H17N3O2. The van der Waals surface area contributed by atoms with Crippen LogP contribution >= 0.6 is 0 Å². The lowest BCUT2D eigenvalue weighted by Crippen LogP contribution is -2.27. The van der Waals surface area contributed by atoms with Gasteiger partial charge in [0.05, 0.1) is 12.6 Å². The molecule has 0 fully saturated rings. The zero-order chi connectivity index (χ0) is 12.6. The summed E-state index contributed by atoms with van der Waals surface area (Å²) < 4.78 is 9.92. The average Bonchev–Trinajstić information content (AvgIpc) is 2.92. The van der Waals surface area contributed by atoms with Gasteiger partial charge >= 0.3 is 0 Å². The van der Waals surface area contributed by atoms with Crippen molar-refractivity contribution in [2.75, 3.05) is 20.3 Å². The van der Waals surface area contributed by atoms with Gasteiger partial charge in [-0.05, 0) is 5.56 Å². The van der Waals surface area contributed by atoms with E-state index in [0.717, 1.165) is 13.0 Å².